The van der Waals surface area contributed by atoms with Crippen LogP contribution in [0.3, 0.4) is 0 Å². The van der Waals surface area contributed by atoms with Crippen LogP contribution in [0.15, 0.2) is 0 Å². The Hall–Kier alpha value is -1.89. The second kappa shape index (κ2) is 7.15. The van der Waals surface area contributed by atoms with E-state index in [0.29, 0.717) is 19.1 Å². The van der Waals surface area contributed by atoms with E-state index in [4.69, 9.17) is 5.73 Å². The van der Waals surface area contributed by atoms with Crippen LogP contribution in [-0.4, -0.2) is 57.1 Å². The van der Waals surface area contributed by atoms with Gasteiger partial charge >= 0.3 is 0 Å². The van der Waals surface area contributed by atoms with Crippen LogP contribution in [0.25, 0.3) is 0 Å². The smallest absolute Gasteiger partial charge is 0.231 e. The Morgan fingerprint density at radius 1 is 1.28 bits per heavy atom. The van der Waals surface area contributed by atoms with E-state index in [9.17, 15) is 9.59 Å². The number of hydrogen-bond donors (Lipinski definition) is 1. The number of carbonyl (C=O) groups is 2. The summed E-state index contributed by atoms with van der Waals surface area (Å²) in [4.78, 5) is 28.5. The lowest BCUT2D eigenvalue weighted by atomic mass is 9.96. The summed E-state index contributed by atoms with van der Waals surface area (Å²) in [6.07, 6.45) is 4.00. The van der Waals surface area contributed by atoms with Crippen LogP contribution in [0.5, 0.6) is 0 Å². The lowest BCUT2D eigenvalue weighted by molar-refractivity contribution is -0.139. The summed E-state index contributed by atoms with van der Waals surface area (Å²) in [5.74, 6) is -0.140. The van der Waals surface area contributed by atoms with Crippen LogP contribution in [0, 0.1) is 19.8 Å². The van der Waals surface area contributed by atoms with Gasteiger partial charge in [-0.05, 0) is 46.1 Å². The molecule has 1 saturated carbocycles. The van der Waals surface area contributed by atoms with Gasteiger partial charge in [0.05, 0.1) is 18.2 Å². The highest BCUT2D eigenvalue weighted by Gasteiger charge is 2.38. The van der Waals surface area contributed by atoms with Gasteiger partial charge in [0.2, 0.25) is 11.8 Å². The van der Waals surface area contributed by atoms with Gasteiger partial charge < -0.3 is 10.6 Å². The van der Waals surface area contributed by atoms with E-state index in [1.165, 1.54) is 0 Å². The quantitative estimate of drug-likeness (QED) is 0.822. The molecular formula is C18H29N5O2. The number of rotatable bonds is 6. The van der Waals surface area contributed by atoms with E-state index < -0.39 is 0 Å². The zero-order valence-corrected chi connectivity index (χ0v) is 15.5. The molecule has 0 bridgehead atoms. The minimum Gasteiger partial charge on any atom is -0.369 e. The predicted molar refractivity (Wildman–Crippen MR) is 94.6 cm³/mol. The predicted octanol–water partition coefficient (Wildman–Crippen LogP) is 0.725. The number of amides is 2. The third-order valence-corrected chi connectivity index (χ3v) is 5.49. The third-order valence-electron chi connectivity index (χ3n) is 5.49. The summed E-state index contributed by atoms with van der Waals surface area (Å²) < 4.78 is 1.88. The minimum absolute atomic E-state index is 0.0361. The second-order valence-corrected chi connectivity index (χ2v) is 7.51. The lowest BCUT2D eigenvalue weighted by Gasteiger charge is -2.34. The van der Waals surface area contributed by atoms with Crippen LogP contribution in [-0.2, 0) is 23.2 Å². The van der Waals surface area contributed by atoms with Gasteiger partial charge in [-0.1, -0.05) is 0 Å². The highest BCUT2D eigenvalue weighted by atomic mass is 16.2. The Morgan fingerprint density at radius 2 is 2.00 bits per heavy atom. The molecule has 2 amide bonds. The first-order valence-electron chi connectivity index (χ1n) is 9.17. The van der Waals surface area contributed by atoms with E-state index in [0.717, 1.165) is 49.2 Å². The molecule has 138 valence electrons. The molecule has 2 fully saturated rings. The first-order chi connectivity index (χ1) is 11.9. The second-order valence-electron chi connectivity index (χ2n) is 7.51. The summed E-state index contributed by atoms with van der Waals surface area (Å²) in [5, 5.41) is 4.48. The van der Waals surface area contributed by atoms with Crippen molar-refractivity contribution in [3.05, 3.63) is 17.0 Å². The van der Waals surface area contributed by atoms with Crippen LogP contribution >= 0.6 is 0 Å². The largest absolute Gasteiger partial charge is 0.369 e. The van der Waals surface area contributed by atoms with Crippen molar-refractivity contribution < 1.29 is 9.59 Å². The fourth-order valence-corrected chi connectivity index (χ4v) is 3.85. The normalized spacial score (nSPS) is 21.3. The van der Waals surface area contributed by atoms with Crippen molar-refractivity contribution in [1.29, 1.82) is 0 Å². The monoisotopic (exact) mass is 347 g/mol. The SMILES string of the molecule is Cc1nn(C)c(C)c1CN(C(=O)C1CCCN(CC(N)=O)C1)C1CC1. The molecule has 0 radical (unpaired) electrons. The fourth-order valence-electron chi connectivity index (χ4n) is 3.85. The first-order valence-corrected chi connectivity index (χ1v) is 9.17. The Morgan fingerprint density at radius 3 is 2.56 bits per heavy atom. The van der Waals surface area contributed by atoms with E-state index in [1.807, 2.05) is 23.6 Å². The number of nitrogens with zero attached hydrogens (tertiary/aromatic N) is 4. The standard InChI is InChI=1S/C18H29N5O2/c1-12-16(13(2)21(3)20-12)10-23(15-6-7-15)18(25)14-5-4-8-22(9-14)11-17(19)24/h14-15H,4-11H2,1-3H3,(H2,19,24). The molecule has 7 heteroatoms. The Kier molecular flexibility index (Phi) is 5.13. The molecule has 1 aromatic heterocycles. The molecule has 2 heterocycles. The van der Waals surface area contributed by atoms with Crippen molar-refractivity contribution in [2.24, 2.45) is 18.7 Å². The summed E-state index contributed by atoms with van der Waals surface area (Å²) in [6, 6.07) is 0.359. The average molecular weight is 347 g/mol. The number of likely N-dealkylation sites (tertiary alicyclic amines) is 1. The van der Waals surface area contributed by atoms with Crippen molar-refractivity contribution >= 4 is 11.8 Å². The number of aromatic nitrogens is 2. The van der Waals surface area contributed by atoms with Crippen LogP contribution in [0.1, 0.15) is 42.6 Å². The van der Waals surface area contributed by atoms with Crippen molar-refractivity contribution in [3.8, 4) is 0 Å². The summed E-state index contributed by atoms with van der Waals surface area (Å²) in [7, 11) is 1.94. The molecule has 2 N–H and O–H groups in total. The van der Waals surface area contributed by atoms with E-state index in [-0.39, 0.29) is 24.3 Å². The highest BCUT2D eigenvalue weighted by Crippen LogP contribution is 2.32. The molecule has 0 aromatic carbocycles. The molecule has 7 nitrogen and oxygen atoms in total. The number of aryl methyl sites for hydroxylation is 2. The Balaban J connectivity index is 1.72. The summed E-state index contributed by atoms with van der Waals surface area (Å²) in [5.41, 5.74) is 8.59. The molecule has 1 saturated heterocycles. The number of primary amides is 1. The first kappa shape index (κ1) is 17.9. The van der Waals surface area contributed by atoms with Gasteiger partial charge in [-0.25, -0.2) is 0 Å². The molecule has 2 aliphatic rings. The van der Waals surface area contributed by atoms with Gasteiger partial charge in [0.25, 0.3) is 0 Å². The molecule has 1 unspecified atom stereocenters. The highest BCUT2D eigenvalue weighted by molar-refractivity contribution is 5.80. The number of carbonyl (C=O) groups excluding carboxylic acids is 2. The number of nitrogens with two attached hydrogens (primary N) is 1. The van der Waals surface area contributed by atoms with Gasteiger partial charge in [0, 0.05) is 37.4 Å². The molecule has 1 atom stereocenters. The van der Waals surface area contributed by atoms with Crippen molar-refractivity contribution in [3.63, 3.8) is 0 Å². The number of piperidine rings is 1. The molecule has 1 aromatic rings. The van der Waals surface area contributed by atoms with Crippen molar-refractivity contribution in [1.82, 2.24) is 19.6 Å². The lowest BCUT2D eigenvalue weighted by Crippen LogP contribution is -2.47. The van der Waals surface area contributed by atoms with Crippen molar-refractivity contribution in [2.75, 3.05) is 19.6 Å². The maximum Gasteiger partial charge on any atom is 0.231 e. The average Bonchev–Trinajstić information content (AvgIpc) is 3.35. The third kappa shape index (κ3) is 4.03. The summed E-state index contributed by atoms with van der Waals surface area (Å²) >= 11 is 0. The molecule has 0 spiro atoms. The van der Waals surface area contributed by atoms with Crippen LogP contribution < -0.4 is 5.73 Å². The molecule has 25 heavy (non-hydrogen) atoms. The maximum atomic E-state index is 13.2. The summed E-state index contributed by atoms with van der Waals surface area (Å²) in [6.45, 7) is 6.43. The number of hydrogen-bond acceptors (Lipinski definition) is 4. The Labute approximate surface area is 149 Å². The molecule has 1 aliphatic carbocycles. The van der Waals surface area contributed by atoms with Gasteiger partial charge in [0.15, 0.2) is 0 Å². The van der Waals surface area contributed by atoms with Crippen LogP contribution in [0.4, 0.5) is 0 Å². The topological polar surface area (TPSA) is 84.5 Å². The van der Waals surface area contributed by atoms with E-state index in [2.05, 4.69) is 16.9 Å². The zero-order valence-electron chi connectivity index (χ0n) is 15.5. The Bertz CT molecular complexity index is 665. The van der Waals surface area contributed by atoms with Gasteiger partial charge in [-0.3, -0.25) is 19.2 Å². The fraction of sp³-hybridized carbons (Fsp3) is 0.722. The van der Waals surface area contributed by atoms with Crippen molar-refractivity contribution in [2.45, 2.75) is 52.1 Å². The van der Waals surface area contributed by atoms with E-state index in [1.54, 1.807) is 0 Å². The molecular weight excluding hydrogens is 318 g/mol. The minimum atomic E-state index is -0.325. The van der Waals surface area contributed by atoms with Crippen LogP contribution in [0.2, 0.25) is 0 Å². The zero-order chi connectivity index (χ0) is 18.1. The van der Waals surface area contributed by atoms with Gasteiger partial charge in [-0.2, -0.15) is 5.10 Å². The van der Waals surface area contributed by atoms with E-state index >= 15 is 0 Å². The van der Waals surface area contributed by atoms with Gasteiger partial charge in [0.1, 0.15) is 0 Å². The maximum absolute atomic E-state index is 13.2. The molecule has 3 rings (SSSR count). The van der Waals surface area contributed by atoms with Gasteiger partial charge in [-0.15, -0.1) is 0 Å². The molecule has 1 aliphatic heterocycles.